The fourth-order valence-electron chi connectivity index (χ4n) is 4.69. The summed E-state index contributed by atoms with van der Waals surface area (Å²) < 4.78 is 18.1. The highest BCUT2D eigenvalue weighted by atomic mass is 79.9. The zero-order valence-corrected chi connectivity index (χ0v) is 20.2. The van der Waals surface area contributed by atoms with E-state index in [1.807, 2.05) is 43.3 Å². The van der Waals surface area contributed by atoms with Crippen molar-refractivity contribution in [2.45, 2.75) is 32.4 Å². The summed E-state index contributed by atoms with van der Waals surface area (Å²) in [6.07, 6.45) is -0.541. The van der Waals surface area contributed by atoms with Gasteiger partial charge in [-0.15, -0.1) is 0 Å². The van der Waals surface area contributed by atoms with Gasteiger partial charge in [0.15, 0.2) is 6.10 Å². The number of halogens is 1. The lowest BCUT2D eigenvalue weighted by molar-refractivity contribution is -0.0166. The van der Waals surface area contributed by atoms with Crippen molar-refractivity contribution in [3.05, 3.63) is 78.9 Å². The van der Waals surface area contributed by atoms with Gasteiger partial charge in [-0.3, -0.25) is 13.9 Å². The maximum atomic E-state index is 13.5. The quantitative estimate of drug-likeness (QED) is 0.415. The number of furan rings is 1. The van der Waals surface area contributed by atoms with Crippen molar-refractivity contribution in [1.29, 1.82) is 0 Å². The average molecular weight is 498 g/mol. The van der Waals surface area contributed by atoms with Crippen LogP contribution in [0.25, 0.3) is 22.2 Å². The van der Waals surface area contributed by atoms with Gasteiger partial charge in [-0.05, 0) is 50.6 Å². The van der Waals surface area contributed by atoms with Gasteiger partial charge in [0.1, 0.15) is 11.5 Å². The number of ether oxygens (including phenoxy) is 1. The molecule has 3 aromatic heterocycles. The van der Waals surface area contributed by atoms with E-state index in [0.717, 1.165) is 31.8 Å². The number of nitrogens with zero attached hydrogens (tertiary/aromatic N) is 3. The summed E-state index contributed by atoms with van der Waals surface area (Å²) in [4.78, 5) is 26.4. The highest BCUT2D eigenvalue weighted by molar-refractivity contribution is 9.10. The maximum Gasteiger partial charge on any atom is 0.331 e. The first-order valence-corrected chi connectivity index (χ1v) is 11.2. The first-order valence-electron chi connectivity index (χ1n) is 10.4. The molecule has 0 amide bonds. The Kier molecular flexibility index (Phi) is 4.65. The number of fused-ring (bicyclic) bond motifs is 3. The van der Waals surface area contributed by atoms with E-state index in [9.17, 15) is 9.59 Å². The molecule has 1 aliphatic rings. The third kappa shape index (κ3) is 2.89. The van der Waals surface area contributed by atoms with E-state index >= 15 is 0 Å². The van der Waals surface area contributed by atoms with Crippen LogP contribution in [0.3, 0.4) is 0 Å². The molecule has 1 aromatic carbocycles. The van der Waals surface area contributed by atoms with Crippen LogP contribution in [0.1, 0.15) is 37.2 Å². The Balaban J connectivity index is 2.02. The number of benzene rings is 1. The minimum Gasteiger partial charge on any atom is -0.463 e. The van der Waals surface area contributed by atoms with Crippen LogP contribution in [-0.4, -0.2) is 20.3 Å². The minimum atomic E-state index is -0.541. The normalized spacial score (nSPS) is 17.6. The molecular formula is C24H24BrN3O4. The number of rotatable bonds is 2. The van der Waals surface area contributed by atoms with Gasteiger partial charge in [-0.25, -0.2) is 4.79 Å². The second kappa shape index (κ2) is 7.08. The average Bonchev–Trinajstić information content (AvgIpc) is 3.34. The van der Waals surface area contributed by atoms with Crippen molar-refractivity contribution in [1.82, 2.24) is 13.7 Å². The summed E-state index contributed by atoms with van der Waals surface area (Å²) >= 11 is 3.50. The molecule has 0 aliphatic carbocycles. The topological polar surface area (TPSA) is 71.3 Å². The predicted molar refractivity (Wildman–Crippen MR) is 126 cm³/mol. The van der Waals surface area contributed by atoms with E-state index in [2.05, 4.69) is 34.3 Å². The van der Waals surface area contributed by atoms with E-state index in [1.54, 1.807) is 11.6 Å². The molecule has 4 aromatic rings. The van der Waals surface area contributed by atoms with Gasteiger partial charge in [-0.2, -0.15) is 0 Å². The Morgan fingerprint density at radius 3 is 2.34 bits per heavy atom. The SMILES string of the molecule is Cc1ccc([C@H]2OCC(C)(C)n3c(-c4ccc(Br)cc4)c4c(=O)n(C)c(=O)n(C)c4c32)o1. The zero-order valence-electron chi connectivity index (χ0n) is 18.6. The molecule has 8 heteroatoms. The smallest absolute Gasteiger partial charge is 0.331 e. The molecule has 0 unspecified atom stereocenters. The molecule has 166 valence electrons. The molecule has 0 bridgehead atoms. The van der Waals surface area contributed by atoms with E-state index in [0.29, 0.717) is 23.3 Å². The molecule has 1 atom stereocenters. The van der Waals surface area contributed by atoms with E-state index in [4.69, 9.17) is 9.15 Å². The number of hydrogen-bond acceptors (Lipinski definition) is 4. The standard InChI is InChI=1S/C24H24BrN3O4/c1-13-6-11-16(32-13)21-20-19-17(22(29)27(5)23(30)26(19)4)18(14-7-9-15(25)10-8-14)28(20)24(2,3)12-31-21/h6-11,21H,12H2,1-5H3/t21-/m1/s1. The number of aryl methyl sites for hydroxylation is 2. The summed E-state index contributed by atoms with van der Waals surface area (Å²) in [6, 6.07) is 11.6. The highest BCUT2D eigenvalue weighted by Gasteiger charge is 2.41. The molecule has 32 heavy (non-hydrogen) atoms. The number of aromatic nitrogens is 3. The molecular weight excluding hydrogens is 474 g/mol. The zero-order chi connectivity index (χ0) is 22.9. The monoisotopic (exact) mass is 497 g/mol. The predicted octanol–water partition coefficient (Wildman–Crippen LogP) is 4.22. The lowest BCUT2D eigenvalue weighted by Gasteiger charge is -2.38. The van der Waals surface area contributed by atoms with Crippen molar-refractivity contribution < 1.29 is 9.15 Å². The Bertz CT molecular complexity index is 1480. The second-order valence-corrected chi connectivity index (χ2v) is 9.87. The van der Waals surface area contributed by atoms with E-state index < -0.39 is 11.6 Å². The third-order valence-corrected chi connectivity index (χ3v) is 6.73. The lowest BCUT2D eigenvalue weighted by atomic mass is 10.0. The van der Waals surface area contributed by atoms with Gasteiger partial charge < -0.3 is 13.7 Å². The van der Waals surface area contributed by atoms with Gasteiger partial charge in [0.25, 0.3) is 5.56 Å². The second-order valence-electron chi connectivity index (χ2n) is 8.96. The molecule has 0 N–H and O–H groups in total. The fourth-order valence-corrected chi connectivity index (χ4v) is 4.95. The third-order valence-electron chi connectivity index (χ3n) is 6.20. The summed E-state index contributed by atoms with van der Waals surface area (Å²) in [5, 5.41) is 0.499. The molecule has 7 nitrogen and oxygen atoms in total. The molecule has 1 aliphatic heterocycles. The molecule has 4 heterocycles. The Hall–Kier alpha value is -2.84. The van der Waals surface area contributed by atoms with E-state index in [-0.39, 0.29) is 11.2 Å². The van der Waals surface area contributed by atoms with Crippen molar-refractivity contribution in [2.24, 2.45) is 14.1 Å². The molecule has 0 saturated heterocycles. The molecule has 0 saturated carbocycles. The lowest BCUT2D eigenvalue weighted by Crippen LogP contribution is -2.40. The number of hydrogen-bond donors (Lipinski definition) is 0. The Morgan fingerprint density at radius 1 is 1.03 bits per heavy atom. The Labute approximate surface area is 193 Å². The van der Waals surface area contributed by atoms with Crippen LogP contribution in [0.2, 0.25) is 0 Å². The fraction of sp³-hybridized carbons (Fsp3) is 0.333. The molecule has 0 fully saturated rings. The minimum absolute atomic E-state index is 0.326. The molecule has 0 spiro atoms. The van der Waals surface area contributed by atoms with Crippen molar-refractivity contribution in [3.8, 4) is 11.3 Å². The van der Waals surface area contributed by atoms with Crippen molar-refractivity contribution in [3.63, 3.8) is 0 Å². The van der Waals surface area contributed by atoms with Crippen LogP contribution < -0.4 is 11.2 Å². The first-order chi connectivity index (χ1) is 15.1. The van der Waals surface area contributed by atoms with Crippen molar-refractivity contribution >= 4 is 26.8 Å². The summed E-state index contributed by atoms with van der Waals surface area (Å²) in [6.45, 7) is 6.45. The summed E-state index contributed by atoms with van der Waals surface area (Å²) in [5.41, 5.74) is 1.83. The van der Waals surface area contributed by atoms with Gasteiger partial charge >= 0.3 is 5.69 Å². The van der Waals surface area contributed by atoms with Gasteiger partial charge in [0.2, 0.25) is 0 Å². The van der Waals surface area contributed by atoms with Crippen LogP contribution in [-0.2, 0) is 24.4 Å². The summed E-state index contributed by atoms with van der Waals surface area (Å²) in [7, 11) is 3.21. The van der Waals surface area contributed by atoms with Crippen molar-refractivity contribution in [2.75, 3.05) is 6.61 Å². The van der Waals surface area contributed by atoms with Crippen LogP contribution in [0.5, 0.6) is 0 Å². The van der Waals surface area contributed by atoms with Crippen LogP contribution >= 0.6 is 15.9 Å². The van der Waals surface area contributed by atoms with Crippen LogP contribution in [0.15, 0.2) is 54.9 Å². The summed E-state index contributed by atoms with van der Waals surface area (Å²) in [5.74, 6) is 1.42. The van der Waals surface area contributed by atoms with Gasteiger partial charge in [0.05, 0.1) is 34.4 Å². The molecule has 5 rings (SSSR count). The first kappa shape index (κ1) is 21.0. The van der Waals surface area contributed by atoms with Crippen LogP contribution in [0.4, 0.5) is 0 Å². The van der Waals surface area contributed by atoms with Crippen LogP contribution in [0, 0.1) is 6.92 Å². The molecule has 0 radical (unpaired) electrons. The van der Waals surface area contributed by atoms with Gasteiger partial charge in [0, 0.05) is 18.6 Å². The maximum absolute atomic E-state index is 13.5. The van der Waals surface area contributed by atoms with E-state index in [1.165, 1.54) is 7.05 Å². The highest BCUT2D eigenvalue weighted by Crippen LogP contribution is 2.45. The Morgan fingerprint density at radius 2 is 1.72 bits per heavy atom. The van der Waals surface area contributed by atoms with Gasteiger partial charge in [-0.1, -0.05) is 28.1 Å². The largest absolute Gasteiger partial charge is 0.463 e.